The van der Waals surface area contributed by atoms with Crippen LogP contribution in [0, 0.1) is 5.82 Å². The average Bonchev–Trinajstić information content (AvgIpc) is 2.66. The smallest absolute Gasteiger partial charge is 0.258 e. The van der Waals surface area contributed by atoms with Gasteiger partial charge >= 0.3 is 0 Å². The number of amides is 1. The van der Waals surface area contributed by atoms with Crippen LogP contribution in [0.5, 0.6) is 5.75 Å². The van der Waals surface area contributed by atoms with Gasteiger partial charge in [-0.3, -0.25) is 4.79 Å². The molecule has 1 amide bonds. The number of likely N-dealkylation sites (N-methyl/N-ethyl adjacent to an activating group) is 1. The van der Waals surface area contributed by atoms with E-state index in [2.05, 4.69) is 19.2 Å². The van der Waals surface area contributed by atoms with Gasteiger partial charge in [-0.1, -0.05) is 44.2 Å². The molecule has 2 unspecified atom stereocenters. The van der Waals surface area contributed by atoms with Crippen molar-refractivity contribution < 1.29 is 13.9 Å². The second kappa shape index (κ2) is 10.1. The number of halogens is 1. The van der Waals surface area contributed by atoms with Gasteiger partial charge in [-0.05, 0) is 55.8 Å². The molecule has 0 saturated heterocycles. The van der Waals surface area contributed by atoms with E-state index >= 15 is 0 Å². The molecule has 0 aliphatic heterocycles. The molecule has 0 radical (unpaired) electrons. The lowest BCUT2D eigenvalue weighted by Crippen LogP contribution is -2.37. The van der Waals surface area contributed by atoms with Crippen LogP contribution in [-0.2, 0) is 4.79 Å². The molecule has 146 valence electrons. The highest BCUT2D eigenvalue weighted by molar-refractivity contribution is 5.77. The van der Waals surface area contributed by atoms with Crippen LogP contribution in [0.1, 0.15) is 43.4 Å². The number of carbonyl (C=O) groups excluding carboxylic acids is 1. The summed E-state index contributed by atoms with van der Waals surface area (Å²) in [5.74, 6) is 0.638. The Morgan fingerprint density at radius 2 is 1.93 bits per heavy atom. The number of carbonyl (C=O) groups is 1. The molecule has 0 bridgehead atoms. The van der Waals surface area contributed by atoms with Crippen molar-refractivity contribution in [2.24, 2.45) is 0 Å². The minimum absolute atomic E-state index is 0.0449. The first-order chi connectivity index (χ1) is 12.9. The molecule has 0 heterocycles. The standard InChI is InChI=1S/C22H29FN2O2/c1-5-16(2)19-11-6-7-12-21(19)27-15-22(26)24-14-20(25(3)4)17-9-8-10-18(23)13-17/h6-13,16,20H,5,14-15H2,1-4H3,(H,24,26). The van der Waals surface area contributed by atoms with Crippen molar-refractivity contribution in [3.63, 3.8) is 0 Å². The first kappa shape index (κ1) is 20.9. The number of hydrogen-bond donors (Lipinski definition) is 1. The van der Waals surface area contributed by atoms with E-state index in [1.165, 1.54) is 12.1 Å². The molecule has 2 atom stereocenters. The van der Waals surface area contributed by atoms with Gasteiger partial charge in [0.25, 0.3) is 5.91 Å². The zero-order valence-corrected chi connectivity index (χ0v) is 16.5. The van der Waals surface area contributed by atoms with Crippen LogP contribution in [0.25, 0.3) is 0 Å². The predicted molar refractivity (Wildman–Crippen MR) is 106 cm³/mol. The molecule has 4 nitrogen and oxygen atoms in total. The van der Waals surface area contributed by atoms with E-state index in [4.69, 9.17) is 4.74 Å². The summed E-state index contributed by atoms with van der Waals surface area (Å²) in [5.41, 5.74) is 1.93. The fourth-order valence-corrected chi connectivity index (χ4v) is 2.96. The quantitative estimate of drug-likeness (QED) is 0.719. The Hall–Kier alpha value is -2.40. The van der Waals surface area contributed by atoms with Crippen LogP contribution < -0.4 is 10.1 Å². The normalized spacial score (nSPS) is 13.3. The number of nitrogens with one attached hydrogen (secondary N) is 1. The van der Waals surface area contributed by atoms with Crippen LogP contribution in [0.2, 0.25) is 0 Å². The monoisotopic (exact) mass is 372 g/mol. The maximum atomic E-state index is 13.5. The van der Waals surface area contributed by atoms with Crippen molar-refractivity contribution in [2.75, 3.05) is 27.2 Å². The Bertz CT molecular complexity index is 749. The van der Waals surface area contributed by atoms with E-state index in [9.17, 15) is 9.18 Å². The van der Waals surface area contributed by atoms with Gasteiger partial charge in [0.05, 0.1) is 6.04 Å². The third-order valence-electron chi connectivity index (χ3n) is 4.77. The molecule has 0 aliphatic carbocycles. The summed E-state index contributed by atoms with van der Waals surface area (Å²) in [5, 5.41) is 2.89. The zero-order chi connectivity index (χ0) is 19.8. The topological polar surface area (TPSA) is 41.6 Å². The largest absolute Gasteiger partial charge is 0.483 e. The van der Waals surface area contributed by atoms with Crippen LogP contribution in [0.3, 0.4) is 0 Å². The number of rotatable bonds is 9. The molecule has 2 aromatic carbocycles. The summed E-state index contributed by atoms with van der Waals surface area (Å²) < 4.78 is 19.3. The number of ether oxygens (including phenoxy) is 1. The van der Waals surface area contributed by atoms with Crippen LogP contribution in [-0.4, -0.2) is 38.1 Å². The number of hydrogen-bond acceptors (Lipinski definition) is 3. The van der Waals surface area contributed by atoms with Crippen LogP contribution in [0.4, 0.5) is 4.39 Å². The number of nitrogens with zero attached hydrogens (tertiary/aromatic N) is 1. The SMILES string of the molecule is CCC(C)c1ccccc1OCC(=O)NCC(c1cccc(F)c1)N(C)C. The average molecular weight is 372 g/mol. The molecular weight excluding hydrogens is 343 g/mol. The van der Waals surface area contributed by atoms with E-state index < -0.39 is 0 Å². The van der Waals surface area contributed by atoms with Crippen molar-refractivity contribution in [2.45, 2.75) is 32.2 Å². The highest BCUT2D eigenvalue weighted by atomic mass is 19.1. The van der Waals surface area contributed by atoms with Gasteiger partial charge in [-0.2, -0.15) is 0 Å². The molecular formula is C22H29FN2O2. The summed E-state index contributed by atoms with van der Waals surface area (Å²) in [6.07, 6.45) is 1.00. The third-order valence-corrected chi connectivity index (χ3v) is 4.77. The van der Waals surface area contributed by atoms with Gasteiger partial charge in [-0.25, -0.2) is 4.39 Å². The second-order valence-electron chi connectivity index (χ2n) is 6.97. The Labute approximate surface area is 161 Å². The lowest BCUT2D eigenvalue weighted by molar-refractivity contribution is -0.123. The highest BCUT2D eigenvalue weighted by Crippen LogP contribution is 2.28. The number of para-hydroxylation sites is 1. The lowest BCUT2D eigenvalue weighted by Gasteiger charge is -2.25. The summed E-state index contributed by atoms with van der Waals surface area (Å²) in [7, 11) is 3.81. The summed E-state index contributed by atoms with van der Waals surface area (Å²) in [6, 6.07) is 14.2. The van der Waals surface area contributed by atoms with E-state index in [0.717, 1.165) is 23.3 Å². The molecule has 1 N–H and O–H groups in total. The lowest BCUT2D eigenvalue weighted by atomic mass is 9.98. The van der Waals surface area contributed by atoms with Crippen molar-refractivity contribution in [3.05, 3.63) is 65.5 Å². The maximum absolute atomic E-state index is 13.5. The van der Waals surface area contributed by atoms with Gasteiger partial charge in [0.2, 0.25) is 0 Å². The van der Waals surface area contributed by atoms with Crippen LogP contribution >= 0.6 is 0 Å². The summed E-state index contributed by atoms with van der Waals surface area (Å²) in [4.78, 5) is 14.2. The Kier molecular flexibility index (Phi) is 7.80. The molecule has 0 aromatic heterocycles. The molecule has 0 spiro atoms. The molecule has 0 saturated carbocycles. The van der Waals surface area contributed by atoms with Crippen molar-refractivity contribution in [1.82, 2.24) is 10.2 Å². The third kappa shape index (κ3) is 6.07. The van der Waals surface area contributed by atoms with Gasteiger partial charge < -0.3 is 15.0 Å². The fourth-order valence-electron chi connectivity index (χ4n) is 2.96. The van der Waals surface area contributed by atoms with Crippen LogP contribution in [0.15, 0.2) is 48.5 Å². The fraction of sp³-hybridized carbons (Fsp3) is 0.409. The minimum atomic E-state index is -0.282. The van der Waals surface area contributed by atoms with Gasteiger partial charge in [0, 0.05) is 6.54 Å². The molecule has 5 heteroatoms. The predicted octanol–water partition coefficient (Wildman–Crippen LogP) is 4.14. The Morgan fingerprint density at radius 1 is 1.19 bits per heavy atom. The van der Waals surface area contributed by atoms with E-state index in [1.807, 2.05) is 49.3 Å². The highest BCUT2D eigenvalue weighted by Gasteiger charge is 2.16. The summed E-state index contributed by atoms with van der Waals surface area (Å²) in [6.45, 7) is 4.60. The first-order valence-electron chi connectivity index (χ1n) is 9.32. The minimum Gasteiger partial charge on any atom is -0.483 e. The Balaban J connectivity index is 1.94. The molecule has 0 aliphatic rings. The first-order valence-corrected chi connectivity index (χ1v) is 9.32. The summed E-state index contributed by atoms with van der Waals surface area (Å²) >= 11 is 0. The van der Waals surface area contributed by atoms with E-state index in [1.54, 1.807) is 6.07 Å². The number of benzene rings is 2. The van der Waals surface area contributed by atoms with Gasteiger partial charge in [0.15, 0.2) is 6.61 Å². The molecule has 2 rings (SSSR count). The second-order valence-corrected chi connectivity index (χ2v) is 6.97. The van der Waals surface area contributed by atoms with Gasteiger partial charge in [-0.15, -0.1) is 0 Å². The Morgan fingerprint density at radius 3 is 2.59 bits per heavy atom. The van der Waals surface area contributed by atoms with E-state index in [-0.39, 0.29) is 24.4 Å². The van der Waals surface area contributed by atoms with Crippen molar-refractivity contribution >= 4 is 5.91 Å². The zero-order valence-electron chi connectivity index (χ0n) is 16.5. The molecule has 27 heavy (non-hydrogen) atoms. The maximum Gasteiger partial charge on any atom is 0.258 e. The van der Waals surface area contributed by atoms with Crippen molar-refractivity contribution in [3.8, 4) is 5.75 Å². The van der Waals surface area contributed by atoms with E-state index in [0.29, 0.717) is 12.5 Å². The van der Waals surface area contributed by atoms with Gasteiger partial charge in [0.1, 0.15) is 11.6 Å². The molecule has 2 aromatic rings. The molecule has 0 fully saturated rings. The van der Waals surface area contributed by atoms with Crippen molar-refractivity contribution in [1.29, 1.82) is 0 Å².